The molecule has 0 aromatic heterocycles. The van der Waals surface area contributed by atoms with Crippen molar-refractivity contribution in [1.82, 2.24) is 0 Å². The van der Waals surface area contributed by atoms with Crippen LogP contribution in [-0.4, -0.2) is 6.61 Å². The molecule has 1 heterocycles. The predicted molar refractivity (Wildman–Crippen MR) is 35.1 cm³/mol. The third kappa shape index (κ3) is 0.907. The van der Waals surface area contributed by atoms with Crippen LogP contribution in [0.2, 0.25) is 0 Å². The van der Waals surface area contributed by atoms with Crippen molar-refractivity contribution in [2.75, 3.05) is 6.61 Å². The summed E-state index contributed by atoms with van der Waals surface area (Å²) in [5, 5.41) is 0. The van der Waals surface area contributed by atoms with E-state index < -0.39 is 0 Å². The van der Waals surface area contributed by atoms with Crippen molar-refractivity contribution in [3.63, 3.8) is 0 Å². The molecule has 0 spiro atoms. The molecule has 1 fully saturated rings. The molecule has 0 bridgehead atoms. The van der Waals surface area contributed by atoms with E-state index in [0.717, 1.165) is 0 Å². The van der Waals surface area contributed by atoms with Crippen molar-refractivity contribution in [1.29, 1.82) is 0 Å². The first-order chi connectivity index (χ1) is 4.88. The smallest absolute Gasteiger partial charge is 0.129 e. The second kappa shape index (κ2) is 2.06. The first kappa shape index (κ1) is 5.86. The first-order valence-electron chi connectivity index (χ1n) is 3.24. The van der Waals surface area contributed by atoms with Crippen molar-refractivity contribution in [3.05, 3.63) is 35.6 Å². The summed E-state index contributed by atoms with van der Waals surface area (Å²) < 4.78 is 17.7. The minimum absolute atomic E-state index is 0.0289. The molecule has 1 aliphatic heterocycles. The molecule has 0 amide bonds. The van der Waals surface area contributed by atoms with Crippen LogP contribution in [0, 0.1) is 5.82 Å². The van der Waals surface area contributed by atoms with Gasteiger partial charge in [-0.1, -0.05) is 18.2 Å². The summed E-state index contributed by atoms with van der Waals surface area (Å²) in [6, 6.07) is 6.71. The van der Waals surface area contributed by atoms with E-state index in [9.17, 15) is 4.39 Å². The fourth-order valence-corrected chi connectivity index (χ4v) is 0.964. The standard InChI is InChI=1S/C8H7FO/c9-7-4-2-1-3-6(7)8-5-10-8/h1-4,8H,5H2/t8-/m0/s1. The van der Waals surface area contributed by atoms with E-state index in [1.807, 2.05) is 6.07 Å². The maximum Gasteiger partial charge on any atom is 0.129 e. The van der Waals surface area contributed by atoms with Crippen LogP contribution in [0.15, 0.2) is 24.3 Å². The van der Waals surface area contributed by atoms with Gasteiger partial charge in [0.25, 0.3) is 0 Å². The van der Waals surface area contributed by atoms with Gasteiger partial charge in [0.05, 0.1) is 6.61 Å². The van der Waals surface area contributed by atoms with Crippen LogP contribution in [0.25, 0.3) is 0 Å². The molecule has 0 aliphatic carbocycles. The first-order valence-corrected chi connectivity index (χ1v) is 3.24. The van der Waals surface area contributed by atoms with Crippen LogP contribution in [0.3, 0.4) is 0 Å². The van der Waals surface area contributed by atoms with E-state index in [2.05, 4.69) is 0 Å². The Bertz CT molecular complexity index is 243. The third-order valence-corrected chi connectivity index (χ3v) is 1.59. The highest BCUT2D eigenvalue weighted by Gasteiger charge is 2.26. The summed E-state index contributed by atoms with van der Waals surface area (Å²) in [5.74, 6) is -0.162. The quantitative estimate of drug-likeness (QED) is 0.540. The van der Waals surface area contributed by atoms with E-state index in [4.69, 9.17) is 4.74 Å². The molecule has 0 radical (unpaired) electrons. The zero-order valence-electron chi connectivity index (χ0n) is 5.38. The van der Waals surface area contributed by atoms with Crippen molar-refractivity contribution < 1.29 is 9.13 Å². The maximum absolute atomic E-state index is 12.8. The fraction of sp³-hybridized carbons (Fsp3) is 0.250. The maximum atomic E-state index is 12.8. The summed E-state index contributed by atoms with van der Waals surface area (Å²) in [7, 11) is 0. The number of hydrogen-bond donors (Lipinski definition) is 0. The molecule has 10 heavy (non-hydrogen) atoms. The lowest BCUT2D eigenvalue weighted by molar-refractivity contribution is 0.408. The Morgan fingerprint density at radius 3 is 2.70 bits per heavy atom. The van der Waals surface area contributed by atoms with Crippen LogP contribution in [0.4, 0.5) is 4.39 Å². The van der Waals surface area contributed by atoms with E-state index in [1.54, 1.807) is 12.1 Å². The van der Waals surface area contributed by atoms with Gasteiger partial charge in [-0.15, -0.1) is 0 Å². The summed E-state index contributed by atoms with van der Waals surface area (Å²) in [6.45, 7) is 0.668. The molecule has 1 aliphatic rings. The zero-order chi connectivity index (χ0) is 6.97. The predicted octanol–water partition coefficient (Wildman–Crippen LogP) is 1.90. The summed E-state index contributed by atoms with van der Waals surface area (Å²) in [4.78, 5) is 0. The Morgan fingerprint density at radius 1 is 1.40 bits per heavy atom. The number of epoxide rings is 1. The van der Waals surface area contributed by atoms with Crippen LogP contribution >= 0.6 is 0 Å². The van der Waals surface area contributed by atoms with Gasteiger partial charge in [-0.3, -0.25) is 0 Å². The molecule has 0 N–H and O–H groups in total. The summed E-state index contributed by atoms with van der Waals surface area (Å²) in [6.07, 6.45) is 0.0289. The normalized spacial score (nSPS) is 22.7. The number of rotatable bonds is 1. The number of ether oxygens (including phenoxy) is 1. The summed E-state index contributed by atoms with van der Waals surface area (Å²) in [5.41, 5.74) is 0.683. The molecule has 0 saturated carbocycles. The largest absolute Gasteiger partial charge is 0.368 e. The second-order valence-corrected chi connectivity index (χ2v) is 2.34. The fourth-order valence-electron chi connectivity index (χ4n) is 0.964. The Morgan fingerprint density at radius 2 is 2.10 bits per heavy atom. The third-order valence-electron chi connectivity index (χ3n) is 1.59. The van der Waals surface area contributed by atoms with Gasteiger partial charge in [-0.2, -0.15) is 0 Å². The molecular formula is C8H7FO. The lowest BCUT2D eigenvalue weighted by Crippen LogP contribution is -1.85. The highest BCUT2D eigenvalue weighted by atomic mass is 19.1. The molecule has 2 heteroatoms. The van der Waals surface area contributed by atoms with E-state index in [1.165, 1.54) is 6.07 Å². The molecule has 1 saturated heterocycles. The Balaban J connectivity index is 2.39. The Labute approximate surface area is 58.4 Å². The monoisotopic (exact) mass is 138 g/mol. The molecule has 1 aromatic rings. The molecule has 1 nitrogen and oxygen atoms in total. The van der Waals surface area contributed by atoms with E-state index in [-0.39, 0.29) is 11.9 Å². The lowest BCUT2D eigenvalue weighted by atomic mass is 10.1. The second-order valence-electron chi connectivity index (χ2n) is 2.34. The van der Waals surface area contributed by atoms with Crippen LogP contribution < -0.4 is 0 Å². The SMILES string of the molecule is Fc1ccccc1[C@@H]1CO1. The van der Waals surface area contributed by atoms with Crippen molar-refractivity contribution in [2.24, 2.45) is 0 Å². The van der Waals surface area contributed by atoms with E-state index in [0.29, 0.717) is 12.2 Å². The van der Waals surface area contributed by atoms with Gasteiger partial charge in [-0.05, 0) is 6.07 Å². The van der Waals surface area contributed by atoms with Crippen LogP contribution in [0.1, 0.15) is 11.7 Å². The highest BCUT2D eigenvalue weighted by Crippen LogP contribution is 2.30. The Hall–Kier alpha value is -0.890. The minimum atomic E-state index is -0.162. The van der Waals surface area contributed by atoms with Gasteiger partial charge in [0.1, 0.15) is 11.9 Å². The summed E-state index contributed by atoms with van der Waals surface area (Å²) >= 11 is 0. The van der Waals surface area contributed by atoms with Crippen LogP contribution in [0.5, 0.6) is 0 Å². The number of halogens is 1. The van der Waals surface area contributed by atoms with Gasteiger partial charge >= 0.3 is 0 Å². The average Bonchev–Trinajstić information content (AvgIpc) is 2.71. The van der Waals surface area contributed by atoms with Gasteiger partial charge in [-0.25, -0.2) is 4.39 Å². The molecule has 2 rings (SSSR count). The molecular weight excluding hydrogens is 131 g/mol. The number of benzene rings is 1. The minimum Gasteiger partial charge on any atom is -0.368 e. The van der Waals surface area contributed by atoms with Gasteiger partial charge < -0.3 is 4.74 Å². The van der Waals surface area contributed by atoms with Crippen molar-refractivity contribution in [2.45, 2.75) is 6.10 Å². The molecule has 1 aromatic carbocycles. The topological polar surface area (TPSA) is 12.5 Å². The van der Waals surface area contributed by atoms with Gasteiger partial charge in [0, 0.05) is 5.56 Å². The zero-order valence-corrected chi connectivity index (χ0v) is 5.38. The van der Waals surface area contributed by atoms with Gasteiger partial charge in [0.2, 0.25) is 0 Å². The molecule has 52 valence electrons. The number of hydrogen-bond acceptors (Lipinski definition) is 1. The highest BCUT2D eigenvalue weighted by molar-refractivity contribution is 5.22. The van der Waals surface area contributed by atoms with Gasteiger partial charge in [0.15, 0.2) is 0 Å². The molecule has 0 unspecified atom stereocenters. The average molecular weight is 138 g/mol. The van der Waals surface area contributed by atoms with Crippen molar-refractivity contribution >= 4 is 0 Å². The van der Waals surface area contributed by atoms with Crippen LogP contribution in [-0.2, 0) is 4.74 Å². The van der Waals surface area contributed by atoms with E-state index >= 15 is 0 Å². The molecule has 1 atom stereocenters. The lowest BCUT2D eigenvalue weighted by Gasteiger charge is -1.94. The van der Waals surface area contributed by atoms with Crippen molar-refractivity contribution in [3.8, 4) is 0 Å². The Kier molecular flexibility index (Phi) is 1.21.